The number of aryl methyl sites for hydroxylation is 12. The lowest BCUT2D eigenvalue weighted by molar-refractivity contribution is -0.0618. The summed E-state index contributed by atoms with van der Waals surface area (Å²) in [6.45, 7) is 31.8. The van der Waals surface area contributed by atoms with Crippen LogP contribution in [-0.2, 0) is 54.2 Å². The van der Waals surface area contributed by atoms with Crippen LogP contribution >= 0.6 is 7.82 Å². The lowest BCUT2D eigenvalue weighted by atomic mass is 9.82. The Bertz CT molecular complexity index is 2250. The molecule has 0 saturated carbocycles. The Morgan fingerprint density at radius 2 is 0.484 bits per heavy atom. The van der Waals surface area contributed by atoms with Gasteiger partial charge in [0.05, 0.1) is 0 Å². The Hall–Kier alpha value is -4.57. The minimum Gasteiger partial charge on any atom is -0.275 e. The normalized spacial score (nSPS) is 15.7. The molecule has 4 nitrogen and oxygen atoms in total. The van der Waals surface area contributed by atoms with E-state index in [2.05, 4.69) is 213 Å². The summed E-state index contributed by atoms with van der Waals surface area (Å²) in [5.41, 5.74) is 16.0. The van der Waals surface area contributed by atoms with Crippen LogP contribution in [0, 0.1) is 83.1 Å². The summed E-state index contributed by atoms with van der Waals surface area (Å²) in [6, 6.07) is 38.1. The van der Waals surface area contributed by atoms with E-state index in [0.717, 1.165) is 100 Å². The van der Waals surface area contributed by atoms with Crippen LogP contribution in [0.3, 0.4) is 0 Å². The molecule has 6 rings (SSSR count). The molecule has 0 aromatic heterocycles. The van der Waals surface area contributed by atoms with Crippen LogP contribution in [0.1, 0.15) is 121 Å². The molecule has 0 aliphatic rings. The molecule has 3 atom stereocenters. The van der Waals surface area contributed by atoms with Crippen molar-refractivity contribution in [3.63, 3.8) is 0 Å². The van der Waals surface area contributed by atoms with Crippen molar-refractivity contribution in [3.05, 3.63) is 209 Å². The van der Waals surface area contributed by atoms with E-state index in [0.29, 0.717) is 19.3 Å². The first-order valence-electron chi connectivity index (χ1n) is 22.2. The molecule has 0 amide bonds. The van der Waals surface area contributed by atoms with E-state index in [9.17, 15) is 0 Å². The van der Waals surface area contributed by atoms with Gasteiger partial charge in [0.25, 0.3) is 0 Å². The highest BCUT2D eigenvalue weighted by Gasteiger charge is 2.51. The maximum absolute atomic E-state index is 17.3. The Morgan fingerprint density at radius 1 is 0.323 bits per heavy atom. The van der Waals surface area contributed by atoms with Crippen LogP contribution in [0.5, 0.6) is 0 Å². The van der Waals surface area contributed by atoms with Gasteiger partial charge in [0.1, 0.15) is 16.8 Å². The zero-order chi connectivity index (χ0) is 45.4. The highest BCUT2D eigenvalue weighted by molar-refractivity contribution is 7.48. The minimum atomic E-state index is -4.70. The average Bonchev–Trinajstić information content (AvgIpc) is 3.16. The predicted octanol–water partition coefficient (Wildman–Crippen LogP) is 15.3. The third kappa shape index (κ3) is 9.65. The lowest BCUT2D eigenvalue weighted by Crippen LogP contribution is -2.38. The molecule has 0 saturated heterocycles. The SMILES string of the molecule is Cc1cccc(C)c1CC(C)(OP(=O)(OC(C)(Cc1c(C)cccc1C)c1c(C)cccc1C)OC(C)(Cc1c(C)cccc1C)c1c(C)cccc1C)c1c(C)cccc1C. The van der Waals surface area contributed by atoms with E-state index in [1.165, 1.54) is 0 Å². The second-order valence-corrected chi connectivity index (χ2v) is 20.3. The van der Waals surface area contributed by atoms with E-state index in [4.69, 9.17) is 13.6 Å². The highest BCUT2D eigenvalue weighted by Crippen LogP contribution is 2.64. The first kappa shape index (κ1) is 46.9. The number of hydrogen-bond acceptors (Lipinski definition) is 4. The van der Waals surface area contributed by atoms with Gasteiger partial charge in [0, 0.05) is 19.3 Å². The van der Waals surface area contributed by atoms with Crippen LogP contribution < -0.4 is 0 Å². The van der Waals surface area contributed by atoms with Crippen LogP contribution in [0.25, 0.3) is 0 Å². The Balaban J connectivity index is 1.69. The van der Waals surface area contributed by atoms with Gasteiger partial charge in [-0.15, -0.1) is 0 Å². The summed E-state index contributed by atoms with van der Waals surface area (Å²) in [5, 5.41) is 0. The fourth-order valence-electron chi connectivity index (χ4n) is 10.6. The number of phosphoric acid groups is 1. The number of rotatable bonds is 15. The molecule has 5 heteroatoms. The maximum atomic E-state index is 17.3. The molecule has 0 aliphatic heterocycles. The predicted molar refractivity (Wildman–Crippen MR) is 260 cm³/mol. The van der Waals surface area contributed by atoms with Crippen molar-refractivity contribution in [2.75, 3.05) is 0 Å². The van der Waals surface area contributed by atoms with Crippen LogP contribution in [0.2, 0.25) is 0 Å². The van der Waals surface area contributed by atoms with Gasteiger partial charge in [-0.05, 0) is 204 Å². The molecular formula is C57H69O4P. The minimum absolute atomic E-state index is 0.446. The van der Waals surface area contributed by atoms with Crippen molar-refractivity contribution in [1.82, 2.24) is 0 Å². The average molecular weight is 849 g/mol. The van der Waals surface area contributed by atoms with Crippen molar-refractivity contribution < 1.29 is 18.1 Å². The number of hydrogen-bond donors (Lipinski definition) is 0. The lowest BCUT2D eigenvalue weighted by Gasteiger charge is -2.44. The second kappa shape index (κ2) is 18.3. The molecule has 0 aliphatic carbocycles. The zero-order valence-electron chi connectivity index (χ0n) is 40.1. The summed E-state index contributed by atoms with van der Waals surface area (Å²) in [4.78, 5) is 0. The monoisotopic (exact) mass is 848 g/mol. The maximum Gasteiger partial charge on any atom is 0.477 e. The third-order valence-electron chi connectivity index (χ3n) is 13.4. The van der Waals surface area contributed by atoms with Crippen LogP contribution in [0.4, 0.5) is 0 Å². The van der Waals surface area contributed by atoms with Crippen LogP contribution in [0.15, 0.2) is 109 Å². The molecule has 0 N–H and O–H groups in total. The van der Waals surface area contributed by atoms with E-state index in [1.54, 1.807) is 0 Å². The van der Waals surface area contributed by atoms with Crippen molar-refractivity contribution in [3.8, 4) is 0 Å². The fourth-order valence-corrected chi connectivity index (χ4v) is 12.7. The quantitative estimate of drug-likeness (QED) is 0.0966. The van der Waals surface area contributed by atoms with Crippen molar-refractivity contribution in [1.29, 1.82) is 0 Å². The number of phosphoric ester groups is 1. The van der Waals surface area contributed by atoms with Gasteiger partial charge >= 0.3 is 7.82 Å². The summed E-state index contributed by atoms with van der Waals surface area (Å²) in [5.74, 6) is 0. The molecular weight excluding hydrogens is 780 g/mol. The fraction of sp³-hybridized carbons (Fsp3) is 0.368. The molecule has 0 fully saturated rings. The molecule has 0 heterocycles. The molecule has 0 radical (unpaired) electrons. The summed E-state index contributed by atoms with van der Waals surface area (Å²) >= 11 is 0. The van der Waals surface area contributed by atoms with E-state index in [-0.39, 0.29) is 0 Å². The molecule has 62 heavy (non-hydrogen) atoms. The van der Waals surface area contributed by atoms with Crippen molar-refractivity contribution >= 4 is 7.82 Å². The smallest absolute Gasteiger partial charge is 0.275 e. The van der Waals surface area contributed by atoms with E-state index >= 15 is 4.57 Å². The first-order valence-corrected chi connectivity index (χ1v) is 23.6. The van der Waals surface area contributed by atoms with Gasteiger partial charge in [0.2, 0.25) is 0 Å². The Kier molecular flexibility index (Phi) is 13.8. The van der Waals surface area contributed by atoms with Gasteiger partial charge in [-0.2, -0.15) is 0 Å². The molecule has 6 aromatic carbocycles. The van der Waals surface area contributed by atoms with Gasteiger partial charge in [0.15, 0.2) is 0 Å². The standard InChI is InChI=1S/C57H69O4P/c1-37-22-16-23-38(2)49(37)34-55(13,52-43(7)28-19-29-44(52)8)59-62(58,60-56(14,53-45(9)30-20-31-46(53)10)35-50-39(3)24-17-25-40(50)4)61-57(15,54-47(11)32-21-33-48(54)12)36-51-41(5)26-18-27-42(51)6/h16-33H,34-36H2,1-15H3. The Labute approximate surface area is 373 Å². The summed E-state index contributed by atoms with van der Waals surface area (Å²) in [7, 11) is -4.70. The van der Waals surface area contributed by atoms with Gasteiger partial charge < -0.3 is 0 Å². The molecule has 3 unspecified atom stereocenters. The first-order chi connectivity index (χ1) is 29.1. The van der Waals surface area contributed by atoms with Crippen molar-refractivity contribution in [2.45, 2.75) is 140 Å². The number of benzene rings is 6. The molecule has 326 valence electrons. The second-order valence-electron chi connectivity index (χ2n) is 18.9. The molecule has 0 bridgehead atoms. The van der Waals surface area contributed by atoms with Crippen LogP contribution in [-0.4, -0.2) is 0 Å². The van der Waals surface area contributed by atoms with Gasteiger partial charge in [-0.25, -0.2) is 4.57 Å². The zero-order valence-corrected chi connectivity index (χ0v) is 41.0. The van der Waals surface area contributed by atoms with E-state index in [1.807, 2.05) is 0 Å². The van der Waals surface area contributed by atoms with E-state index < -0.39 is 24.6 Å². The van der Waals surface area contributed by atoms with Gasteiger partial charge in [-0.1, -0.05) is 109 Å². The highest BCUT2D eigenvalue weighted by atomic mass is 31.2. The topological polar surface area (TPSA) is 44.8 Å². The summed E-state index contributed by atoms with van der Waals surface area (Å²) in [6.07, 6.45) is 1.34. The molecule has 6 aromatic rings. The van der Waals surface area contributed by atoms with Gasteiger partial charge in [-0.3, -0.25) is 13.6 Å². The Morgan fingerprint density at radius 3 is 0.661 bits per heavy atom. The largest absolute Gasteiger partial charge is 0.477 e. The van der Waals surface area contributed by atoms with Crippen molar-refractivity contribution in [2.24, 2.45) is 0 Å². The third-order valence-corrected chi connectivity index (χ3v) is 15.3. The molecule has 0 spiro atoms. The summed E-state index contributed by atoms with van der Waals surface area (Å²) < 4.78 is 40.0.